The molecule has 1 aromatic rings. The molecule has 1 aliphatic heterocycles. The summed E-state index contributed by atoms with van der Waals surface area (Å²) in [6.45, 7) is 2.23. The number of hydrogen-bond donors (Lipinski definition) is 1. The van der Waals surface area contributed by atoms with E-state index in [9.17, 15) is 14.7 Å². The van der Waals surface area contributed by atoms with Gasteiger partial charge in [-0.1, -0.05) is 34.1 Å². The highest BCUT2D eigenvalue weighted by atomic mass is 79.9. The Hall–Kier alpha value is -1.24. The third-order valence-corrected chi connectivity index (χ3v) is 6.40. The number of ether oxygens (including phenoxy) is 2. The second-order valence-electron chi connectivity index (χ2n) is 6.39. The molecule has 23 heavy (non-hydrogen) atoms. The van der Waals surface area contributed by atoms with Gasteiger partial charge in [0.1, 0.15) is 6.29 Å². The van der Waals surface area contributed by atoms with Crippen LogP contribution in [0.4, 0.5) is 0 Å². The lowest BCUT2D eigenvalue weighted by molar-refractivity contribution is -0.119. The minimum Gasteiger partial charge on any atom is -0.462 e. The zero-order valence-electron chi connectivity index (χ0n) is 12.7. The predicted octanol–water partition coefficient (Wildman–Crippen LogP) is 1.82. The third kappa shape index (κ3) is 2.84. The maximum Gasteiger partial charge on any atom is 0.338 e. The van der Waals surface area contributed by atoms with Crippen molar-refractivity contribution in [1.82, 2.24) is 0 Å². The van der Waals surface area contributed by atoms with Crippen LogP contribution >= 0.6 is 15.9 Å². The molecule has 1 heterocycles. The molecule has 6 heteroatoms. The summed E-state index contributed by atoms with van der Waals surface area (Å²) in [5.74, 6) is -1.19. The van der Waals surface area contributed by atoms with Gasteiger partial charge in [-0.25, -0.2) is 4.79 Å². The first-order chi connectivity index (χ1) is 11.0. The fourth-order valence-electron chi connectivity index (χ4n) is 3.64. The molecule has 1 aromatic carbocycles. The van der Waals surface area contributed by atoms with E-state index in [0.717, 1.165) is 6.29 Å². The molecule has 2 aliphatic rings. The van der Waals surface area contributed by atoms with E-state index < -0.39 is 17.5 Å². The molecule has 1 saturated heterocycles. The molecule has 0 radical (unpaired) electrons. The SMILES string of the molecule is C[C@@]1(O)[C@H](Br)[C@H]2OC[C@H](COC(=O)c3ccccc3)[C@H]2[C@@H]1C=O. The molecule has 5 nitrogen and oxygen atoms in total. The molecule has 0 unspecified atom stereocenters. The molecular formula is C17H19BrO5. The molecule has 1 aliphatic carbocycles. The van der Waals surface area contributed by atoms with Gasteiger partial charge < -0.3 is 19.4 Å². The van der Waals surface area contributed by atoms with Gasteiger partial charge in [-0.15, -0.1) is 0 Å². The van der Waals surface area contributed by atoms with Crippen LogP contribution in [0.15, 0.2) is 30.3 Å². The largest absolute Gasteiger partial charge is 0.462 e. The van der Waals surface area contributed by atoms with Crippen LogP contribution in [0.5, 0.6) is 0 Å². The van der Waals surface area contributed by atoms with Gasteiger partial charge in [0.05, 0.1) is 41.2 Å². The number of hydrogen-bond acceptors (Lipinski definition) is 5. The number of carbonyl (C=O) groups is 2. The molecular weight excluding hydrogens is 364 g/mol. The van der Waals surface area contributed by atoms with Gasteiger partial charge in [-0.3, -0.25) is 0 Å². The fourth-order valence-corrected chi connectivity index (χ4v) is 4.45. The number of halogens is 1. The summed E-state index contributed by atoms with van der Waals surface area (Å²) in [5.41, 5.74) is -0.675. The first-order valence-corrected chi connectivity index (χ1v) is 8.54. The molecule has 1 N–H and O–H groups in total. The van der Waals surface area contributed by atoms with Crippen molar-refractivity contribution in [2.24, 2.45) is 17.8 Å². The van der Waals surface area contributed by atoms with Crippen LogP contribution < -0.4 is 0 Å². The van der Waals surface area contributed by atoms with Crippen molar-refractivity contribution in [3.05, 3.63) is 35.9 Å². The van der Waals surface area contributed by atoms with Gasteiger partial charge in [-0.2, -0.15) is 0 Å². The van der Waals surface area contributed by atoms with Crippen LogP contribution in [0, 0.1) is 17.8 Å². The first-order valence-electron chi connectivity index (χ1n) is 7.62. The maximum atomic E-state index is 12.0. The zero-order chi connectivity index (χ0) is 16.6. The number of carbonyl (C=O) groups excluding carboxylic acids is 2. The summed E-state index contributed by atoms with van der Waals surface area (Å²) in [5, 5.41) is 10.5. The van der Waals surface area contributed by atoms with Crippen molar-refractivity contribution in [3.8, 4) is 0 Å². The number of alkyl halides is 1. The number of rotatable bonds is 4. The smallest absolute Gasteiger partial charge is 0.338 e. The Labute approximate surface area is 143 Å². The fraction of sp³-hybridized carbons (Fsp3) is 0.529. The van der Waals surface area contributed by atoms with E-state index in [-0.39, 0.29) is 29.4 Å². The molecule has 0 aromatic heterocycles. The van der Waals surface area contributed by atoms with E-state index in [0.29, 0.717) is 12.2 Å². The average Bonchev–Trinajstić information content (AvgIpc) is 3.03. The maximum absolute atomic E-state index is 12.0. The van der Waals surface area contributed by atoms with Crippen molar-refractivity contribution in [1.29, 1.82) is 0 Å². The van der Waals surface area contributed by atoms with Crippen LogP contribution in [0.3, 0.4) is 0 Å². The Morgan fingerprint density at radius 3 is 2.83 bits per heavy atom. The Bertz CT molecular complexity index is 588. The molecule has 1 saturated carbocycles. The lowest BCUT2D eigenvalue weighted by Gasteiger charge is -2.28. The number of aldehydes is 1. The standard InChI is InChI=1S/C17H19BrO5/c1-17(21)12(7-19)13-11(8-22-14(13)15(17)18)9-23-16(20)10-5-3-2-4-6-10/h2-7,11-15,21H,8-9H2,1H3/t11-,12+,13+,14+,15-,17+/m1/s1. The molecule has 124 valence electrons. The first kappa shape index (κ1) is 16.6. The normalized spacial score (nSPS) is 39.0. The Balaban J connectivity index is 1.68. The Morgan fingerprint density at radius 2 is 2.17 bits per heavy atom. The number of benzene rings is 1. The third-order valence-electron chi connectivity index (χ3n) is 4.95. The van der Waals surface area contributed by atoms with Crippen molar-refractivity contribution < 1.29 is 24.2 Å². The van der Waals surface area contributed by atoms with E-state index in [4.69, 9.17) is 9.47 Å². The summed E-state index contributed by atoms with van der Waals surface area (Å²) in [6, 6.07) is 8.77. The van der Waals surface area contributed by atoms with Crippen molar-refractivity contribution in [2.45, 2.75) is 23.5 Å². The summed E-state index contributed by atoms with van der Waals surface area (Å²) in [7, 11) is 0. The van der Waals surface area contributed by atoms with Crippen LogP contribution in [0.1, 0.15) is 17.3 Å². The van der Waals surface area contributed by atoms with E-state index in [2.05, 4.69) is 15.9 Å². The number of esters is 1. The lowest BCUT2D eigenvalue weighted by atomic mass is 9.82. The van der Waals surface area contributed by atoms with E-state index in [1.54, 1.807) is 31.2 Å². The molecule has 0 spiro atoms. The van der Waals surface area contributed by atoms with E-state index in [1.807, 2.05) is 6.07 Å². The van der Waals surface area contributed by atoms with Crippen LogP contribution in [-0.2, 0) is 14.3 Å². The van der Waals surface area contributed by atoms with Gasteiger partial charge in [0.25, 0.3) is 0 Å². The predicted molar refractivity (Wildman–Crippen MR) is 86.3 cm³/mol. The minimum atomic E-state index is -1.17. The monoisotopic (exact) mass is 382 g/mol. The summed E-state index contributed by atoms with van der Waals surface area (Å²) in [6.07, 6.45) is 0.542. The lowest BCUT2D eigenvalue weighted by Crippen LogP contribution is -2.41. The molecule has 6 atom stereocenters. The molecule has 2 fully saturated rings. The van der Waals surface area contributed by atoms with Crippen LogP contribution in [-0.4, -0.2) is 47.1 Å². The average molecular weight is 383 g/mol. The van der Waals surface area contributed by atoms with Gasteiger partial charge in [0, 0.05) is 11.8 Å². The minimum absolute atomic E-state index is 0.100. The molecule has 0 bridgehead atoms. The van der Waals surface area contributed by atoms with Gasteiger partial charge in [0.15, 0.2) is 0 Å². The Morgan fingerprint density at radius 1 is 1.48 bits per heavy atom. The van der Waals surface area contributed by atoms with Crippen LogP contribution in [0.2, 0.25) is 0 Å². The van der Waals surface area contributed by atoms with E-state index >= 15 is 0 Å². The summed E-state index contributed by atoms with van der Waals surface area (Å²) < 4.78 is 11.1. The highest BCUT2D eigenvalue weighted by Gasteiger charge is 2.61. The highest BCUT2D eigenvalue weighted by molar-refractivity contribution is 9.09. The molecule has 3 rings (SSSR count). The van der Waals surface area contributed by atoms with Gasteiger partial charge in [0.2, 0.25) is 0 Å². The van der Waals surface area contributed by atoms with Crippen molar-refractivity contribution in [3.63, 3.8) is 0 Å². The zero-order valence-corrected chi connectivity index (χ0v) is 14.3. The molecule has 0 amide bonds. The quantitative estimate of drug-likeness (QED) is 0.488. The van der Waals surface area contributed by atoms with Crippen LogP contribution in [0.25, 0.3) is 0 Å². The highest BCUT2D eigenvalue weighted by Crippen LogP contribution is 2.51. The summed E-state index contributed by atoms with van der Waals surface area (Å²) >= 11 is 3.45. The topological polar surface area (TPSA) is 72.8 Å². The van der Waals surface area contributed by atoms with Crippen molar-refractivity contribution >= 4 is 28.2 Å². The number of aliphatic hydroxyl groups is 1. The second-order valence-corrected chi connectivity index (χ2v) is 7.38. The van der Waals surface area contributed by atoms with E-state index in [1.165, 1.54) is 0 Å². The summed E-state index contributed by atoms with van der Waals surface area (Å²) in [4.78, 5) is 23.2. The van der Waals surface area contributed by atoms with Gasteiger partial charge in [-0.05, 0) is 19.1 Å². The van der Waals surface area contributed by atoms with Gasteiger partial charge >= 0.3 is 5.97 Å². The Kier molecular flexibility index (Phi) is 4.58. The number of fused-ring (bicyclic) bond motifs is 1. The second kappa shape index (κ2) is 6.34. The van der Waals surface area contributed by atoms with Crippen molar-refractivity contribution in [2.75, 3.05) is 13.2 Å².